The zero-order valence-electron chi connectivity index (χ0n) is 9.58. The molecule has 1 N–H and O–H groups in total. The summed E-state index contributed by atoms with van der Waals surface area (Å²) in [4.78, 5) is 25.5. The number of amides is 1. The predicted octanol–water partition coefficient (Wildman–Crippen LogP) is 2.19. The molecular weight excluding hydrogens is 276 g/mol. The van der Waals surface area contributed by atoms with Gasteiger partial charge in [0.25, 0.3) is 11.6 Å². The Morgan fingerprint density at radius 2 is 2.26 bits per heavy atom. The Labute approximate surface area is 111 Å². The minimum atomic E-state index is -0.634. The molecular formula is C10H7ClN4O4. The molecule has 1 aromatic carbocycles. The molecule has 1 aromatic heterocycles. The summed E-state index contributed by atoms with van der Waals surface area (Å²) >= 11 is 5.70. The van der Waals surface area contributed by atoms with Gasteiger partial charge in [-0.2, -0.15) is 4.98 Å². The zero-order chi connectivity index (χ0) is 14.0. The predicted molar refractivity (Wildman–Crippen MR) is 65.1 cm³/mol. The third kappa shape index (κ3) is 2.86. The first-order valence-electron chi connectivity index (χ1n) is 5.03. The number of anilines is 1. The van der Waals surface area contributed by atoms with Gasteiger partial charge in [-0.3, -0.25) is 20.2 Å². The number of rotatable bonds is 3. The molecule has 2 rings (SSSR count). The van der Waals surface area contributed by atoms with Gasteiger partial charge in [-0.25, -0.2) is 0 Å². The first-order chi connectivity index (χ1) is 8.97. The van der Waals surface area contributed by atoms with Gasteiger partial charge in [-0.1, -0.05) is 16.8 Å². The third-order valence-corrected chi connectivity index (χ3v) is 2.46. The lowest BCUT2D eigenvalue weighted by molar-refractivity contribution is -0.384. The average Bonchev–Trinajstić information content (AvgIpc) is 2.74. The van der Waals surface area contributed by atoms with Crippen molar-refractivity contribution in [1.82, 2.24) is 10.1 Å². The second-order valence-corrected chi connectivity index (χ2v) is 3.93. The minimum absolute atomic E-state index is 0.0584. The maximum absolute atomic E-state index is 11.8. The quantitative estimate of drug-likeness (QED) is 0.682. The van der Waals surface area contributed by atoms with E-state index >= 15 is 0 Å². The number of nitro groups is 1. The summed E-state index contributed by atoms with van der Waals surface area (Å²) in [6, 6.07) is 3.56. The van der Waals surface area contributed by atoms with Crippen molar-refractivity contribution >= 4 is 29.2 Å². The largest absolute Gasteiger partial charge is 0.328 e. The lowest BCUT2D eigenvalue weighted by atomic mass is 10.2. The van der Waals surface area contributed by atoms with E-state index in [4.69, 9.17) is 16.1 Å². The van der Waals surface area contributed by atoms with Gasteiger partial charge in [0.2, 0.25) is 0 Å². The SMILES string of the molecule is Cc1noc(NC(=O)c2ccc([N+](=O)[O-])c(Cl)c2)n1. The molecule has 1 amide bonds. The zero-order valence-corrected chi connectivity index (χ0v) is 10.3. The fourth-order valence-electron chi connectivity index (χ4n) is 1.31. The maximum atomic E-state index is 11.8. The fourth-order valence-corrected chi connectivity index (χ4v) is 1.56. The summed E-state index contributed by atoms with van der Waals surface area (Å²) in [7, 11) is 0. The number of nitrogens with zero attached hydrogens (tertiary/aromatic N) is 3. The number of benzene rings is 1. The van der Waals surface area contributed by atoms with E-state index in [1.165, 1.54) is 12.1 Å². The van der Waals surface area contributed by atoms with Gasteiger partial charge in [0.05, 0.1) is 4.92 Å². The van der Waals surface area contributed by atoms with Crippen LogP contribution in [0.4, 0.5) is 11.7 Å². The number of hydrogen-bond acceptors (Lipinski definition) is 6. The van der Waals surface area contributed by atoms with Crippen molar-refractivity contribution in [3.8, 4) is 0 Å². The Balaban J connectivity index is 2.20. The van der Waals surface area contributed by atoms with Crippen molar-refractivity contribution in [2.24, 2.45) is 0 Å². The number of hydrogen-bond donors (Lipinski definition) is 1. The van der Waals surface area contributed by atoms with E-state index in [1.807, 2.05) is 0 Å². The molecule has 98 valence electrons. The number of nitro benzene ring substituents is 1. The molecule has 19 heavy (non-hydrogen) atoms. The summed E-state index contributed by atoms with van der Waals surface area (Å²) in [5.41, 5.74) is -0.127. The minimum Gasteiger partial charge on any atom is -0.315 e. The van der Waals surface area contributed by atoms with Crippen LogP contribution < -0.4 is 5.32 Å². The van der Waals surface area contributed by atoms with Crippen LogP contribution in [0.25, 0.3) is 0 Å². The van der Waals surface area contributed by atoms with Crippen molar-refractivity contribution < 1.29 is 14.2 Å². The molecule has 0 radical (unpaired) electrons. The highest BCUT2D eigenvalue weighted by atomic mass is 35.5. The number of aryl methyl sites for hydroxylation is 1. The van der Waals surface area contributed by atoms with E-state index in [-0.39, 0.29) is 22.3 Å². The molecule has 2 aromatic rings. The van der Waals surface area contributed by atoms with Crippen LogP contribution in [0.3, 0.4) is 0 Å². The Kier molecular flexibility index (Phi) is 3.43. The molecule has 0 bridgehead atoms. The van der Waals surface area contributed by atoms with Crippen LogP contribution in [0.2, 0.25) is 5.02 Å². The average molecular weight is 283 g/mol. The summed E-state index contributed by atoms with van der Waals surface area (Å²) in [6.07, 6.45) is 0. The summed E-state index contributed by atoms with van der Waals surface area (Å²) in [5.74, 6) is -0.183. The Morgan fingerprint density at radius 3 is 2.79 bits per heavy atom. The van der Waals surface area contributed by atoms with Gasteiger partial charge < -0.3 is 4.52 Å². The van der Waals surface area contributed by atoms with Crippen LogP contribution in [-0.2, 0) is 0 Å². The van der Waals surface area contributed by atoms with E-state index in [9.17, 15) is 14.9 Å². The van der Waals surface area contributed by atoms with E-state index in [0.717, 1.165) is 6.07 Å². The molecule has 0 fully saturated rings. The van der Waals surface area contributed by atoms with Crippen molar-refractivity contribution in [2.75, 3.05) is 5.32 Å². The molecule has 0 saturated heterocycles. The highest BCUT2D eigenvalue weighted by Crippen LogP contribution is 2.25. The second kappa shape index (κ2) is 5.02. The number of carbonyl (C=O) groups excluding carboxylic acids is 1. The fraction of sp³-hybridized carbons (Fsp3) is 0.100. The molecule has 0 saturated carbocycles. The smallest absolute Gasteiger partial charge is 0.315 e. The van der Waals surface area contributed by atoms with E-state index < -0.39 is 10.8 Å². The molecule has 8 nitrogen and oxygen atoms in total. The highest BCUT2D eigenvalue weighted by molar-refractivity contribution is 6.33. The molecule has 1 heterocycles. The number of halogens is 1. The monoisotopic (exact) mass is 282 g/mol. The van der Waals surface area contributed by atoms with Gasteiger partial charge in [-0.15, -0.1) is 0 Å². The van der Waals surface area contributed by atoms with Gasteiger partial charge >= 0.3 is 6.01 Å². The molecule has 9 heteroatoms. The number of carbonyl (C=O) groups is 1. The van der Waals surface area contributed by atoms with E-state index in [0.29, 0.717) is 5.82 Å². The second-order valence-electron chi connectivity index (χ2n) is 3.52. The van der Waals surface area contributed by atoms with Crippen molar-refractivity contribution in [2.45, 2.75) is 6.92 Å². The van der Waals surface area contributed by atoms with Gasteiger partial charge in [0.15, 0.2) is 5.82 Å². The van der Waals surface area contributed by atoms with Crippen molar-refractivity contribution in [3.05, 3.63) is 44.7 Å². The van der Waals surface area contributed by atoms with Gasteiger partial charge in [-0.05, 0) is 19.1 Å². The Bertz CT molecular complexity index is 655. The summed E-state index contributed by atoms with van der Waals surface area (Å²) in [6.45, 7) is 1.60. The Hall–Kier alpha value is -2.48. The molecule has 0 aliphatic rings. The first kappa shape index (κ1) is 13.0. The van der Waals surface area contributed by atoms with Crippen LogP contribution in [0.15, 0.2) is 22.7 Å². The lowest BCUT2D eigenvalue weighted by Crippen LogP contribution is -2.12. The lowest BCUT2D eigenvalue weighted by Gasteiger charge is -2.01. The molecule has 0 aliphatic carbocycles. The summed E-state index contributed by atoms with van der Waals surface area (Å²) < 4.78 is 4.71. The third-order valence-electron chi connectivity index (χ3n) is 2.15. The first-order valence-corrected chi connectivity index (χ1v) is 5.41. The van der Waals surface area contributed by atoms with Crippen LogP contribution in [0.5, 0.6) is 0 Å². The standard InChI is InChI=1S/C10H7ClN4O4/c1-5-12-10(19-14-5)13-9(16)6-2-3-8(15(17)18)7(11)4-6/h2-4H,1H3,(H,12,13,14,16). The van der Waals surface area contributed by atoms with Crippen LogP contribution in [0.1, 0.15) is 16.2 Å². The molecule has 0 aliphatic heterocycles. The molecule has 0 unspecified atom stereocenters. The normalized spacial score (nSPS) is 10.2. The number of nitrogens with one attached hydrogen (secondary N) is 1. The van der Waals surface area contributed by atoms with Crippen LogP contribution >= 0.6 is 11.6 Å². The van der Waals surface area contributed by atoms with E-state index in [1.54, 1.807) is 6.92 Å². The van der Waals surface area contributed by atoms with Crippen molar-refractivity contribution in [1.29, 1.82) is 0 Å². The highest BCUT2D eigenvalue weighted by Gasteiger charge is 2.16. The van der Waals surface area contributed by atoms with Crippen LogP contribution in [0, 0.1) is 17.0 Å². The topological polar surface area (TPSA) is 111 Å². The maximum Gasteiger partial charge on any atom is 0.328 e. The van der Waals surface area contributed by atoms with Gasteiger partial charge in [0.1, 0.15) is 5.02 Å². The van der Waals surface area contributed by atoms with Gasteiger partial charge in [0, 0.05) is 11.6 Å². The van der Waals surface area contributed by atoms with E-state index in [2.05, 4.69) is 15.5 Å². The summed E-state index contributed by atoms with van der Waals surface area (Å²) in [5, 5.41) is 16.3. The Morgan fingerprint density at radius 1 is 1.53 bits per heavy atom. The molecule has 0 spiro atoms. The number of aromatic nitrogens is 2. The van der Waals surface area contributed by atoms with Crippen molar-refractivity contribution in [3.63, 3.8) is 0 Å². The van der Waals surface area contributed by atoms with Crippen LogP contribution in [-0.4, -0.2) is 21.0 Å². The molecule has 0 atom stereocenters.